The highest BCUT2D eigenvalue weighted by Crippen LogP contribution is 2.28. The Balaban J connectivity index is 2.94. The van der Waals surface area contributed by atoms with Crippen molar-refractivity contribution in [3.05, 3.63) is 29.3 Å². The largest absolute Gasteiger partial charge is 0.480 e. The van der Waals surface area contributed by atoms with Crippen LogP contribution in [0.5, 0.6) is 5.75 Å². The van der Waals surface area contributed by atoms with Crippen molar-refractivity contribution in [2.75, 3.05) is 0 Å². The number of rotatable bonds is 4. The molecule has 1 aromatic carbocycles. The third kappa shape index (κ3) is 3.96. The zero-order chi connectivity index (χ0) is 14.6. The summed E-state index contributed by atoms with van der Waals surface area (Å²) in [5.41, 5.74) is 4.49. The van der Waals surface area contributed by atoms with E-state index in [-0.39, 0.29) is 11.3 Å². The van der Waals surface area contributed by atoms with Crippen molar-refractivity contribution >= 4 is 5.91 Å². The molecule has 1 aromatic rings. The number of hydrogen-bond acceptors (Lipinski definition) is 3. The maximum Gasteiger partial charge on any atom is 0.274 e. The van der Waals surface area contributed by atoms with Crippen LogP contribution in [0.4, 0.5) is 0 Å². The summed E-state index contributed by atoms with van der Waals surface area (Å²) >= 11 is 0. The molecule has 0 spiro atoms. The van der Waals surface area contributed by atoms with E-state index in [9.17, 15) is 4.79 Å². The van der Waals surface area contributed by atoms with Gasteiger partial charge in [-0.3, -0.25) is 10.2 Å². The van der Waals surface area contributed by atoms with Crippen molar-refractivity contribution in [1.29, 1.82) is 0 Å². The molecule has 0 aromatic heterocycles. The van der Waals surface area contributed by atoms with Crippen molar-refractivity contribution in [3.8, 4) is 5.75 Å². The molecule has 0 aliphatic rings. The highest BCUT2D eigenvalue weighted by atomic mass is 16.5. The van der Waals surface area contributed by atoms with Crippen LogP contribution in [0.15, 0.2) is 18.2 Å². The lowest BCUT2D eigenvalue weighted by Gasteiger charge is -2.22. The van der Waals surface area contributed by atoms with Gasteiger partial charge in [-0.2, -0.15) is 0 Å². The van der Waals surface area contributed by atoms with Crippen molar-refractivity contribution in [2.45, 2.75) is 52.6 Å². The molecule has 0 fully saturated rings. The van der Waals surface area contributed by atoms with Crippen molar-refractivity contribution in [2.24, 2.45) is 5.84 Å². The molecular formula is C15H24N2O2. The molecule has 19 heavy (non-hydrogen) atoms. The summed E-state index contributed by atoms with van der Waals surface area (Å²) in [7, 11) is 0. The average Bonchev–Trinajstić information content (AvgIpc) is 2.35. The van der Waals surface area contributed by atoms with E-state index in [4.69, 9.17) is 10.6 Å². The summed E-state index contributed by atoms with van der Waals surface area (Å²) < 4.78 is 5.72. The number of amides is 1. The van der Waals surface area contributed by atoms with E-state index in [2.05, 4.69) is 32.3 Å². The third-order valence-electron chi connectivity index (χ3n) is 3.12. The van der Waals surface area contributed by atoms with Gasteiger partial charge in [-0.25, -0.2) is 5.84 Å². The Bertz CT molecular complexity index is 450. The lowest BCUT2D eigenvalue weighted by atomic mass is 9.86. The van der Waals surface area contributed by atoms with Crippen LogP contribution >= 0.6 is 0 Å². The van der Waals surface area contributed by atoms with Gasteiger partial charge in [0.2, 0.25) is 0 Å². The summed E-state index contributed by atoms with van der Waals surface area (Å²) in [4.78, 5) is 11.5. The third-order valence-corrected chi connectivity index (χ3v) is 3.12. The molecule has 4 nitrogen and oxygen atoms in total. The second kappa shape index (κ2) is 6.06. The summed E-state index contributed by atoms with van der Waals surface area (Å²) in [5, 5.41) is 0. The van der Waals surface area contributed by atoms with Crippen LogP contribution in [0.3, 0.4) is 0 Å². The number of carbonyl (C=O) groups excluding carboxylic acids is 1. The second-order valence-corrected chi connectivity index (χ2v) is 5.75. The maximum atomic E-state index is 11.5. The zero-order valence-corrected chi connectivity index (χ0v) is 12.4. The number of ether oxygens (including phenoxy) is 1. The van der Waals surface area contributed by atoms with Crippen LogP contribution in [-0.2, 0) is 10.2 Å². The minimum atomic E-state index is -0.552. The van der Waals surface area contributed by atoms with Gasteiger partial charge >= 0.3 is 0 Å². The smallest absolute Gasteiger partial charge is 0.274 e. The predicted molar refractivity (Wildman–Crippen MR) is 76.9 cm³/mol. The molecular weight excluding hydrogens is 240 g/mol. The number of carbonyl (C=O) groups is 1. The van der Waals surface area contributed by atoms with Crippen LogP contribution in [-0.4, -0.2) is 12.0 Å². The van der Waals surface area contributed by atoms with E-state index < -0.39 is 6.10 Å². The quantitative estimate of drug-likeness (QED) is 0.499. The van der Waals surface area contributed by atoms with Gasteiger partial charge in [0.25, 0.3) is 5.91 Å². The number of benzene rings is 1. The summed E-state index contributed by atoms with van der Waals surface area (Å²) in [6.45, 7) is 10.4. The van der Waals surface area contributed by atoms with Crippen molar-refractivity contribution in [3.63, 3.8) is 0 Å². The Kier molecular flexibility index (Phi) is 4.95. The van der Waals surface area contributed by atoms with Crippen LogP contribution in [0.1, 0.15) is 45.2 Å². The molecule has 1 atom stereocenters. The Labute approximate surface area is 115 Å². The molecule has 0 saturated carbocycles. The standard InChI is InChI=1S/C15H24N2O2/c1-6-12(14(18)17-16)19-13-8-7-11(9-10(13)2)15(3,4)5/h7-9,12H,6,16H2,1-5H3,(H,17,18). The fourth-order valence-electron chi connectivity index (χ4n) is 1.82. The van der Waals surface area contributed by atoms with Gasteiger partial charge in [0.05, 0.1) is 0 Å². The van der Waals surface area contributed by atoms with E-state index in [0.717, 1.165) is 11.3 Å². The van der Waals surface area contributed by atoms with E-state index >= 15 is 0 Å². The highest BCUT2D eigenvalue weighted by Gasteiger charge is 2.19. The van der Waals surface area contributed by atoms with Gasteiger partial charge < -0.3 is 4.74 Å². The van der Waals surface area contributed by atoms with Gasteiger partial charge in [-0.05, 0) is 36.0 Å². The Morgan fingerprint density at radius 2 is 2.05 bits per heavy atom. The number of aryl methyl sites for hydroxylation is 1. The molecule has 0 aliphatic heterocycles. The van der Waals surface area contributed by atoms with Gasteiger partial charge in [0.15, 0.2) is 6.10 Å². The summed E-state index contributed by atoms with van der Waals surface area (Å²) in [6, 6.07) is 6.06. The topological polar surface area (TPSA) is 64.3 Å². The molecule has 4 heteroatoms. The first-order valence-corrected chi connectivity index (χ1v) is 6.57. The molecule has 0 saturated heterocycles. The Morgan fingerprint density at radius 1 is 1.42 bits per heavy atom. The van der Waals surface area contributed by atoms with Crippen LogP contribution in [0.2, 0.25) is 0 Å². The van der Waals surface area contributed by atoms with E-state index in [1.54, 1.807) is 0 Å². The van der Waals surface area contributed by atoms with Gasteiger partial charge in [-0.15, -0.1) is 0 Å². The molecule has 0 radical (unpaired) electrons. The van der Waals surface area contributed by atoms with Crippen LogP contribution in [0, 0.1) is 6.92 Å². The van der Waals surface area contributed by atoms with E-state index in [1.165, 1.54) is 5.56 Å². The SMILES string of the molecule is CCC(Oc1ccc(C(C)(C)C)cc1C)C(=O)NN. The molecule has 1 unspecified atom stereocenters. The summed E-state index contributed by atoms with van der Waals surface area (Å²) in [5.74, 6) is 5.56. The van der Waals surface area contributed by atoms with Crippen molar-refractivity contribution in [1.82, 2.24) is 5.43 Å². The molecule has 3 N–H and O–H groups in total. The molecule has 106 valence electrons. The van der Waals surface area contributed by atoms with E-state index in [1.807, 2.05) is 26.0 Å². The number of hydrazine groups is 1. The first kappa shape index (κ1) is 15.5. The number of nitrogens with one attached hydrogen (secondary N) is 1. The maximum absolute atomic E-state index is 11.5. The Hall–Kier alpha value is -1.55. The van der Waals surface area contributed by atoms with Crippen LogP contribution in [0.25, 0.3) is 0 Å². The fraction of sp³-hybridized carbons (Fsp3) is 0.533. The molecule has 1 rings (SSSR count). The van der Waals surface area contributed by atoms with Crippen LogP contribution < -0.4 is 16.0 Å². The van der Waals surface area contributed by atoms with Crippen molar-refractivity contribution < 1.29 is 9.53 Å². The molecule has 0 heterocycles. The van der Waals surface area contributed by atoms with Gasteiger partial charge in [0, 0.05) is 0 Å². The minimum absolute atomic E-state index is 0.0993. The van der Waals surface area contributed by atoms with E-state index in [0.29, 0.717) is 6.42 Å². The lowest BCUT2D eigenvalue weighted by molar-refractivity contribution is -0.128. The highest BCUT2D eigenvalue weighted by molar-refractivity contribution is 5.80. The van der Waals surface area contributed by atoms with Gasteiger partial charge in [-0.1, -0.05) is 39.8 Å². The number of nitrogens with two attached hydrogens (primary N) is 1. The monoisotopic (exact) mass is 264 g/mol. The second-order valence-electron chi connectivity index (χ2n) is 5.75. The molecule has 1 amide bonds. The predicted octanol–water partition coefficient (Wildman–Crippen LogP) is 2.44. The fourth-order valence-corrected chi connectivity index (χ4v) is 1.82. The normalized spacial score (nSPS) is 12.9. The first-order chi connectivity index (χ1) is 8.79. The Morgan fingerprint density at radius 3 is 2.47 bits per heavy atom. The lowest BCUT2D eigenvalue weighted by Crippen LogP contribution is -2.41. The average molecular weight is 264 g/mol. The molecule has 0 bridgehead atoms. The zero-order valence-electron chi connectivity index (χ0n) is 12.4. The first-order valence-electron chi connectivity index (χ1n) is 6.57. The van der Waals surface area contributed by atoms with Gasteiger partial charge in [0.1, 0.15) is 5.75 Å². The minimum Gasteiger partial charge on any atom is -0.480 e. The summed E-state index contributed by atoms with van der Waals surface area (Å²) in [6.07, 6.45) is 0.0212. The number of hydrogen-bond donors (Lipinski definition) is 2. The molecule has 0 aliphatic carbocycles.